The summed E-state index contributed by atoms with van der Waals surface area (Å²) in [7, 11) is 4.15. The third-order valence-electron chi connectivity index (χ3n) is 8.04. The normalized spacial score (nSPS) is 34.2. The van der Waals surface area contributed by atoms with Crippen LogP contribution in [0.15, 0.2) is 24.3 Å². The number of quaternary nitrogens is 1. The number of benzene rings is 1. The van der Waals surface area contributed by atoms with Crippen LogP contribution in [0.25, 0.3) is 0 Å². The Morgan fingerprint density at radius 3 is 2.84 bits per heavy atom. The van der Waals surface area contributed by atoms with E-state index in [1.165, 1.54) is 63.0 Å². The highest BCUT2D eigenvalue weighted by Gasteiger charge is 2.54. The van der Waals surface area contributed by atoms with Gasteiger partial charge in [-0.1, -0.05) is 18.6 Å². The second-order valence-electron chi connectivity index (χ2n) is 10.2. The Morgan fingerprint density at radius 2 is 2.06 bits per heavy atom. The van der Waals surface area contributed by atoms with Crippen molar-refractivity contribution in [2.24, 2.45) is 0 Å². The molecule has 1 spiro atoms. The zero-order valence-electron chi connectivity index (χ0n) is 19.0. The van der Waals surface area contributed by atoms with Gasteiger partial charge in [0.2, 0.25) is 0 Å². The van der Waals surface area contributed by atoms with Crippen molar-refractivity contribution in [2.75, 3.05) is 46.9 Å². The Balaban J connectivity index is 0.00000231. The summed E-state index contributed by atoms with van der Waals surface area (Å²) < 4.78 is 13.2. The van der Waals surface area contributed by atoms with Crippen LogP contribution in [-0.4, -0.2) is 73.6 Å². The van der Waals surface area contributed by atoms with Crippen LogP contribution in [0.5, 0.6) is 11.5 Å². The Hall–Kier alpha value is -1.27. The van der Waals surface area contributed by atoms with E-state index >= 15 is 0 Å². The van der Waals surface area contributed by atoms with E-state index in [0.717, 1.165) is 35.5 Å². The molecular weight excluding hydrogens is 412 g/mol. The second kappa shape index (κ2) is 8.93. The summed E-state index contributed by atoms with van der Waals surface area (Å²) in [6.07, 6.45) is 10.9. The van der Waals surface area contributed by atoms with Crippen LogP contribution in [0.4, 0.5) is 0 Å². The van der Waals surface area contributed by atoms with Gasteiger partial charge in [-0.2, -0.15) is 0 Å². The number of hydrogen-bond acceptors (Lipinski definition) is 4. The minimum atomic E-state index is -0.418. The van der Waals surface area contributed by atoms with Gasteiger partial charge in [-0.25, -0.2) is 0 Å². The molecule has 5 nitrogen and oxygen atoms in total. The number of piperidine rings is 1. The monoisotopic (exact) mass is 448 g/mol. The topological polar surface area (TPSA) is 41.9 Å². The first kappa shape index (κ1) is 22.9. The molecule has 3 heterocycles. The highest BCUT2D eigenvalue weighted by molar-refractivity contribution is 5.60. The maximum Gasteiger partial charge on any atom is 0.166 e. The Kier molecular flexibility index (Phi) is 6.60. The summed E-state index contributed by atoms with van der Waals surface area (Å²) in [5, 5.41) is 10.3. The Bertz CT molecular complexity index is 825. The lowest BCUT2D eigenvalue weighted by molar-refractivity contribution is -0.922. The predicted octanol–water partition coefficient (Wildman–Crippen LogP) is 0.245. The van der Waals surface area contributed by atoms with Crippen LogP contribution >= 0.6 is 0 Å². The molecule has 31 heavy (non-hydrogen) atoms. The molecule has 0 saturated carbocycles. The van der Waals surface area contributed by atoms with Gasteiger partial charge >= 0.3 is 0 Å². The smallest absolute Gasteiger partial charge is 0.166 e. The zero-order chi connectivity index (χ0) is 20.8. The lowest BCUT2D eigenvalue weighted by atomic mass is 9.69. The number of aliphatic hydroxyl groups excluding tert-OH is 1. The van der Waals surface area contributed by atoms with Gasteiger partial charge in [-0.3, -0.25) is 0 Å². The number of aliphatic hydroxyl groups is 1. The summed E-state index contributed by atoms with van der Waals surface area (Å²) in [6.45, 7) is 7.19. The van der Waals surface area contributed by atoms with Gasteiger partial charge in [-0.15, -0.1) is 0 Å². The van der Waals surface area contributed by atoms with Crippen molar-refractivity contribution in [2.45, 2.75) is 62.7 Å². The number of likely N-dealkylation sites (tertiary alicyclic amines) is 1. The van der Waals surface area contributed by atoms with E-state index in [1.54, 1.807) is 7.11 Å². The second-order valence-corrected chi connectivity index (χ2v) is 10.2. The van der Waals surface area contributed by atoms with E-state index in [-0.39, 0.29) is 23.9 Å². The van der Waals surface area contributed by atoms with Crippen molar-refractivity contribution in [1.82, 2.24) is 4.90 Å². The minimum Gasteiger partial charge on any atom is -1.00 e. The molecule has 1 fully saturated rings. The molecule has 5 rings (SSSR count). The average Bonchev–Trinajstić information content (AvgIpc) is 3.02. The highest BCUT2D eigenvalue weighted by atomic mass is 35.5. The zero-order valence-corrected chi connectivity index (χ0v) is 19.7. The maximum atomic E-state index is 10.3. The molecule has 6 heteroatoms. The minimum absolute atomic E-state index is 0. The average molecular weight is 449 g/mol. The molecule has 1 aromatic rings. The third kappa shape index (κ3) is 4.10. The first-order valence-electron chi connectivity index (χ1n) is 11.8. The third-order valence-corrected chi connectivity index (χ3v) is 8.04. The van der Waals surface area contributed by atoms with Crippen molar-refractivity contribution >= 4 is 0 Å². The molecular formula is C25H37ClN2O3. The SMILES string of the molecule is COc1ccc2c3c1O[C@@H]1C[C@H](O)C=C[C@]31CC[N+](C)(CCCN1CCCCC1)C2.[Cl-]. The van der Waals surface area contributed by atoms with Crippen LogP contribution in [0.2, 0.25) is 0 Å². The maximum absolute atomic E-state index is 10.3. The summed E-state index contributed by atoms with van der Waals surface area (Å²) in [4.78, 5) is 2.66. The molecule has 1 aromatic carbocycles. The molecule has 3 aliphatic heterocycles. The van der Waals surface area contributed by atoms with Crippen LogP contribution in [0.3, 0.4) is 0 Å². The molecule has 172 valence electrons. The number of rotatable bonds is 5. The quantitative estimate of drug-likeness (QED) is 0.518. The molecule has 1 saturated heterocycles. The first-order chi connectivity index (χ1) is 14.5. The molecule has 4 aliphatic rings. The van der Waals surface area contributed by atoms with Gasteiger partial charge in [0.15, 0.2) is 11.5 Å². The lowest BCUT2D eigenvalue weighted by Crippen LogP contribution is -3.00. The van der Waals surface area contributed by atoms with Crippen molar-refractivity contribution in [1.29, 1.82) is 0 Å². The number of ether oxygens (including phenoxy) is 2. The van der Waals surface area contributed by atoms with Crippen LogP contribution in [0.1, 0.15) is 49.7 Å². The van der Waals surface area contributed by atoms with Gasteiger partial charge in [0.1, 0.15) is 12.6 Å². The Labute approximate surface area is 193 Å². The van der Waals surface area contributed by atoms with Gasteiger partial charge in [0.05, 0.1) is 38.8 Å². The van der Waals surface area contributed by atoms with Gasteiger partial charge in [0.25, 0.3) is 0 Å². The number of hydrogen-bond donors (Lipinski definition) is 1. The van der Waals surface area contributed by atoms with E-state index in [2.05, 4.69) is 30.2 Å². The number of halogens is 1. The van der Waals surface area contributed by atoms with Crippen molar-refractivity contribution in [3.63, 3.8) is 0 Å². The summed E-state index contributed by atoms with van der Waals surface area (Å²) in [5.41, 5.74) is 2.60. The summed E-state index contributed by atoms with van der Waals surface area (Å²) in [6, 6.07) is 4.33. The number of nitrogens with zero attached hydrogens (tertiary/aromatic N) is 2. The predicted molar refractivity (Wildman–Crippen MR) is 118 cm³/mol. The molecule has 0 radical (unpaired) electrons. The van der Waals surface area contributed by atoms with Crippen molar-refractivity contribution < 1.29 is 31.5 Å². The molecule has 0 aromatic heterocycles. The van der Waals surface area contributed by atoms with Gasteiger partial charge in [0, 0.05) is 36.9 Å². The first-order valence-corrected chi connectivity index (χ1v) is 11.8. The summed E-state index contributed by atoms with van der Waals surface area (Å²) >= 11 is 0. The molecule has 1 N–H and O–H groups in total. The van der Waals surface area contributed by atoms with Crippen molar-refractivity contribution in [3.05, 3.63) is 35.4 Å². The highest BCUT2D eigenvalue weighted by Crippen LogP contribution is 2.56. The van der Waals surface area contributed by atoms with Crippen molar-refractivity contribution in [3.8, 4) is 11.5 Å². The molecule has 0 amide bonds. The molecule has 4 atom stereocenters. The molecule has 0 bridgehead atoms. The fraction of sp³-hybridized carbons (Fsp3) is 0.680. The molecule has 1 unspecified atom stereocenters. The van der Waals surface area contributed by atoms with E-state index in [4.69, 9.17) is 9.47 Å². The van der Waals surface area contributed by atoms with Crippen LogP contribution in [0, 0.1) is 0 Å². The van der Waals surface area contributed by atoms with Crippen LogP contribution in [-0.2, 0) is 12.0 Å². The van der Waals surface area contributed by atoms with E-state index in [0.29, 0.717) is 6.42 Å². The summed E-state index contributed by atoms with van der Waals surface area (Å²) in [5.74, 6) is 1.74. The standard InChI is InChI=1S/C25H37N2O3.ClH/c1-27(15-6-14-26-12-4-3-5-13-26)16-11-25-10-9-20(28)17-22(25)30-24-21(29-2)8-7-19(18-27)23(24)25;/h7-10,20,22,28H,3-6,11-18H2,1-2H3;1H/q+1;/p-1/t20-,22-,25-,27?;/m1./s1. The van der Waals surface area contributed by atoms with E-state index in [9.17, 15) is 5.11 Å². The van der Waals surface area contributed by atoms with Gasteiger partial charge < -0.3 is 36.4 Å². The lowest BCUT2D eigenvalue weighted by Gasteiger charge is -2.38. The van der Waals surface area contributed by atoms with Gasteiger partial charge in [-0.05, 0) is 38.1 Å². The van der Waals surface area contributed by atoms with Crippen LogP contribution < -0.4 is 21.9 Å². The fourth-order valence-electron chi connectivity index (χ4n) is 6.33. The fourth-order valence-corrected chi connectivity index (χ4v) is 6.33. The number of methoxy groups -OCH3 is 1. The van der Waals surface area contributed by atoms with E-state index < -0.39 is 6.10 Å². The largest absolute Gasteiger partial charge is 1.00 e. The van der Waals surface area contributed by atoms with E-state index in [1.807, 2.05) is 6.08 Å². The molecule has 1 aliphatic carbocycles. The Morgan fingerprint density at radius 1 is 1.26 bits per heavy atom.